The summed E-state index contributed by atoms with van der Waals surface area (Å²) in [5.41, 5.74) is 0. The smallest absolute Gasteiger partial charge is 1.00 e. The molecule has 0 spiro atoms. The molecule has 0 saturated carbocycles. The molecule has 94 valence electrons. The Morgan fingerprint density at radius 1 is 0.944 bits per heavy atom. The molecule has 12 heteroatoms. The standard InChI is InChI=1S/C6H6Cl2N2O4S2.2K.2H/c7-4-1-3(15(9,11)12)2-5(6(4)8)16(10,13)14;;;;/h1-2H,(H2,9,11,12)(H2,10,13,14);;;;/q;2*+1;2*-1. The van der Waals surface area contributed by atoms with Gasteiger partial charge in [-0.3, -0.25) is 0 Å². The van der Waals surface area contributed by atoms with Crippen LogP contribution in [0.3, 0.4) is 0 Å². The van der Waals surface area contributed by atoms with Crippen molar-refractivity contribution >= 4 is 43.2 Å². The molecule has 0 aromatic heterocycles. The van der Waals surface area contributed by atoms with Crippen LogP contribution in [-0.4, -0.2) is 16.8 Å². The maximum Gasteiger partial charge on any atom is 1.00 e. The van der Waals surface area contributed by atoms with E-state index in [4.69, 9.17) is 33.5 Å². The van der Waals surface area contributed by atoms with Gasteiger partial charge in [-0.15, -0.1) is 0 Å². The van der Waals surface area contributed by atoms with Crippen LogP contribution in [0.1, 0.15) is 2.85 Å². The monoisotopic (exact) mass is 384 g/mol. The van der Waals surface area contributed by atoms with Gasteiger partial charge in [0, 0.05) is 0 Å². The van der Waals surface area contributed by atoms with Crippen LogP contribution in [0.5, 0.6) is 0 Å². The van der Waals surface area contributed by atoms with Crippen molar-refractivity contribution in [3.8, 4) is 0 Å². The zero-order valence-corrected chi connectivity index (χ0v) is 18.9. The Morgan fingerprint density at radius 2 is 1.39 bits per heavy atom. The van der Waals surface area contributed by atoms with Gasteiger partial charge in [0.05, 0.1) is 14.9 Å². The van der Waals surface area contributed by atoms with E-state index in [0.717, 1.165) is 12.1 Å². The van der Waals surface area contributed by atoms with Crippen LogP contribution < -0.4 is 113 Å². The Labute approximate surface area is 203 Å². The van der Waals surface area contributed by atoms with Gasteiger partial charge in [0.25, 0.3) is 0 Å². The third-order valence-electron chi connectivity index (χ3n) is 1.60. The number of benzene rings is 1. The van der Waals surface area contributed by atoms with Gasteiger partial charge >= 0.3 is 103 Å². The Kier molecular flexibility index (Phi) is 10.9. The molecule has 0 saturated heterocycles. The summed E-state index contributed by atoms with van der Waals surface area (Å²) in [7, 11) is -8.26. The molecule has 1 aromatic carbocycles. The molecule has 0 bridgehead atoms. The Balaban J connectivity index is -0.000000320. The second-order valence-corrected chi connectivity index (χ2v) is 6.68. The van der Waals surface area contributed by atoms with Gasteiger partial charge < -0.3 is 2.85 Å². The molecule has 0 atom stereocenters. The minimum Gasteiger partial charge on any atom is -1.00 e. The molecule has 0 unspecified atom stereocenters. The first-order valence-electron chi connectivity index (χ1n) is 3.58. The maximum absolute atomic E-state index is 11.1. The summed E-state index contributed by atoms with van der Waals surface area (Å²) in [4.78, 5) is -1.07. The largest absolute Gasteiger partial charge is 1.00 e. The molecule has 0 fully saturated rings. The summed E-state index contributed by atoms with van der Waals surface area (Å²) < 4.78 is 44.2. The molecular formula is C6H8Cl2K2N2O4S2. The summed E-state index contributed by atoms with van der Waals surface area (Å²) in [6, 6.07) is 1.69. The van der Waals surface area contributed by atoms with Crippen LogP contribution >= 0.6 is 23.2 Å². The summed E-state index contributed by atoms with van der Waals surface area (Å²) in [6.45, 7) is 0. The van der Waals surface area contributed by atoms with Gasteiger partial charge in [0.1, 0.15) is 4.90 Å². The quantitative estimate of drug-likeness (QED) is 0.494. The van der Waals surface area contributed by atoms with Crippen molar-refractivity contribution in [2.24, 2.45) is 10.3 Å². The molecule has 1 aromatic rings. The van der Waals surface area contributed by atoms with Crippen LogP contribution in [0.2, 0.25) is 10.0 Å². The van der Waals surface area contributed by atoms with Crippen molar-refractivity contribution in [3.05, 3.63) is 22.2 Å². The molecule has 4 N–H and O–H groups in total. The van der Waals surface area contributed by atoms with Crippen molar-refractivity contribution in [3.63, 3.8) is 0 Å². The molecule has 0 aliphatic heterocycles. The zero-order chi connectivity index (χ0) is 12.7. The molecule has 1 rings (SSSR count). The number of rotatable bonds is 2. The van der Waals surface area contributed by atoms with E-state index >= 15 is 0 Å². The van der Waals surface area contributed by atoms with Crippen molar-refractivity contribution in [1.82, 2.24) is 0 Å². The number of sulfonamides is 2. The zero-order valence-electron chi connectivity index (χ0n) is 11.5. The van der Waals surface area contributed by atoms with E-state index in [1.165, 1.54) is 0 Å². The molecule has 0 aliphatic carbocycles. The van der Waals surface area contributed by atoms with Gasteiger partial charge in [-0.05, 0) is 12.1 Å². The van der Waals surface area contributed by atoms with Gasteiger partial charge in [-0.25, -0.2) is 27.1 Å². The van der Waals surface area contributed by atoms with E-state index < -0.39 is 29.8 Å². The Bertz CT molecular complexity index is 657. The van der Waals surface area contributed by atoms with Gasteiger partial charge in [-0.2, -0.15) is 0 Å². The van der Waals surface area contributed by atoms with Crippen molar-refractivity contribution in [2.45, 2.75) is 9.79 Å². The Hall–Kier alpha value is 2.89. The summed E-state index contributed by atoms with van der Waals surface area (Å²) in [6.07, 6.45) is 0. The van der Waals surface area contributed by atoms with Crippen molar-refractivity contribution in [2.75, 3.05) is 0 Å². The van der Waals surface area contributed by atoms with Crippen LogP contribution in [0.15, 0.2) is 21.9 Å². The fourth-order valence-electron chi connectivity index (χ4n) is 0.911. The average molecular weight is 385 g/mol. The predicted octanol–water partition coefficient (Wildman–Crippen LogP) is -5.48. The van der Waals surface area contributed by atoms with Crippen LogP contribution in [0, 0.1) is 0 Å². The summed E-state index contributed by atoms with van der Waals surface area (Å²) in [5, 5.41) is 9.04. The molecular weight excluding hydrogens is 377 g/mol. The number of hydrogen-bond donors (Lipinski definition) is 2. The summed E-state index contributed by atoms with van der Waals surface area (Å²) >= 11 is 11.1. The average Bonchev–Trinajstić information content (AvgIpc) is 2.05. The topological polar surface area (TPSA) is 120 Å². The van der Waals surface area contributed by atoms with Crippen LogP contribution in [0.4, 0.5) is 0 Å². The van der Waals surface area contributed by atoms with E-state index in [-0.39, 0.29) is 116 Å². The molecule has 18 heavy (non-hydrogen) atoms. The third kappa shape index (κ3) is 6.34. The van der Waals surface area contributed by atoms with Gasteiger partial charge in [0.2, 0.25) is 20.0 Å². The minimum absolute atomic E-state index is 0. The van der Waals surface area contributed by atoms with Crippen molar-refractivity contribution in [1.29, 1.82) is 0 Å². The molecule has 0 amide bonds. The first-order chi connectivity index (χ1) is 7.03. The number of halogens is 2. The van der Waals surface area contributed by atoms with Crippen molar-refractivity contribution < 1.29 is 122 Å². The Morgan fingerprint density at radius 3 is 1.72 bits per heavy atom. The van der Waals surface area contributed by atoms with Gasteiger partial charge in [-0.1, -0.05) is 23.2 Å². The van der Waals surface area contributed by atoms with E-state index in [2.05, 4.69) is 0 Å². The number of hydrogen-bond acceptors (Lipinski definition) is 4. The third-order valence-corrected chi connectivity index (χ3v) is 4.35. The fourth-order valence-corrected chi connectivity index (χ4v) is 2.97. The normalized spacial score (nSPS) is 11.3. The van der Waals surface area contributed by atoms with E-state index in [0.29, 0.717) is 0 Å². The first kappa shape index (κ1) is 23.2. The molecule has 6 nitrogen and oxygen atoms in total. The van der Waals surface area contributed by atoms with E-state index in [9.17, 15) is 16.8 Å². The number of primary sulfonamides is 2. The molecule has 0 heterocycles. The van der Waals surface area contributed by atoms with E-state index in [1.807, 2.05) is 0 Å². The predicted molar refractivity (Wildman–Crippen MR) is 61.4 cm³/mol. The minimum atomic E-state index is -4.18. The van der Waals surface area contributed by atoms with E-state index in [1.54, 1.807) is 0 Å². The first-order valence-corrected chi connectivity index (χ1v) is 7.43. The number of nitrogens with two attached hydrogens (primary N) is 2. The second kappa shape index (κ2) is 8.51. The molecule has 0 aliphatic rings. The molecule has 0 radical (unpaired) electrons. The summed E-state index contributed by atoms with van der Waals surface area (Å²) in [5.74, 6) is 0. The van der Waals surface area contributed by atoms with Gasteiger partial charge in [0.15, 0.2) is 0 Å². The van der Waals surface area contributed by atoms with Crippen LogP contribution in [-0.2, 0) is 20.0 Å². The maximum atomic E-state index is 11.1. The second-order valence-electron chi connectivity index (χ2n) is 2.81. The van der Waals surface area contributed by atoms with Crippen LogP contribution in [0.25, 0.3) is 0 Å². The SMILES string of the molecule is NS(=O)(=O)c1cc(Cl)c(Cl)c(S(N)(=O)=O)c1.[H-].[H-].[K+].[K+]. The fraction of sp³-hybridized carbons (Fsp3) is 0.